The predicted octanol–water partition coefficient (Wildman–Crippen LogP) is 3.74. The Hall–Kier alpha value is -2.67. The standard InChI is InChI=1S/C21H24N4O2S/c1-14-11-23-21(28-14)24-20(27)16-5-4-10-25(13-16)19(26)9-8-15-12-22-18-7-3-2-6-17(15)18/h2-3,6-7,11-12,16,22H,4-5,8-10,13H2,1H3,(H,23,24,27)/t16-/m1/s1. The van der Waals surface area contributed by atoms with E-state index in [4.69, 9.17) is 0 Å². The molecular weight excluding hydrogens is 372 g/mol. The van der Waals surface area contributed by atoms with Gasteiger partial charge < -0.3 is 15.2 Å². The fourth-order valence-electron chi connectivity index (χ4n) is 3.78. The zero-order valence-corrected chi connectivity index (χ0v) is 16.7. The zero-order chi connectivity index (χ0) is 19.5. The van der Waals surface area contributed by atoms with Crippen LogP contribution in [0.2, 0.25) is 0 Å². The maximum atomic E-state index is 12.7. The molecule has 1 atom stereocenters. The highest BCUT2D eigenvalue weighted by molar-refractivity contribution is 7.15. The lowest BCUT2D eigenvalue weighted by Gasteiger charge is -2.32. The molecule has 3 aromatic rings. The van der Waals surface area contributed by atoms with E-state index in [0.29, 0.717) is 24.5 Å². The number of aromatic amines is 1. The first-order chi connectivity index (χ1) is 13.6. The number of likely N-dealkylation sites (tertiary alicyclic amines) is 1. The van der Waals surface area contributed by atoms with Crippen LogP contribution in [0.25, 0.3) is 10.9 Å². The molecule has 1 aliphatic heterocycles. The molecule has 0 aliphatic carbocycles. The number of para-hydroxylation sites is 1. The van der Waals surface area contributed by atoms with Crippen LogP contribution in [0, 0.1) is 12.8 Å². The molecule has 0 unspecified atom stereocenters. The minimum absolute atomic E-state index is 0.0384. The van der Waals surface area contributed by atoms with E-state index in [2.05, 4.69) is 21.4 Å². The molecule has 0 bridgehead atoms. The Bertz CT molecular complexity index is 993. The molecule has 6 nitrogen and oxygen atoms in total. The van der Waals surface area contributed by atoms with Gasteiger partial charge in [-0.05, 0) is 37.8 Å². The number of anilines is 1. The van der Waals surface area contributed by atoms with Gasteiger partial charge in [0.15, 0.2) is 5.13 Å². The number of H-pyrrole nitrogens is 1. The number of rotatable bonds is 5. The van der Waals surface area contributed by atoms with Crippen molar-refractivity contribution in [2.45, 2.75) is 32.6 Å². The minimum Gasteiger partial charge on any atom is -0.361 e. The van der Waals surface area contributed by atoms with Crippen LogP contribution in [0.5, 0.6) is 0 Å². The number of carbonyl (C=O) groups excluding carboxylic acids is 2. The van der Waals surface area contributed by atoms with Crippen molar-refractivity contribution in [3.63, 3.8) is 0 Å². The second-order valence-corrected chi connectivity index (χ2v) is 8.54. The van der Waals surface area contributed by atoms with Gasteiger partial charge in [0.25, 0.3) is 0 Å². The molecule has 1 saturated heterocycles. The van der Waals surface area contributed by atoms with Crippen LogP contribution >= 0.6 is 11.3 Å². The molecular formula is C21H24N4O2S. The predicted molar refractivity (Wildman–Crippen MR) is 111 cm³/mol. The number of thiazole rings is 1. The molecule has 3 heterocycles. The van der Waals surface area contributed by atoms with E-state index in [1.54, 1.807) is 6.20 Å². The summed E-state index contributed by atoms with van der Waals surface area (Å²) in [6.45, 7) is 3.18. The monoisotopic (exact) mass is 396 g/mol. The number of piperidine rings is 1. The lowest BCUT2D eigenvalue weighted by Crippen LogP contribution is -2.43. The average molecular weight is 397 g/mol. The largest absolute Gasteiger partial charge is 0.361 e. The van der Waals surface area contributed by atoms with Crippen LogP contribution in [0.15, 0.2) is 36.7 Å². The molecule has 2 amide bonds. The van der Waals surface area contributed by atoms with E-state index in [9.17, 15) is 9.59 Å². The summed E-state index contributed by atoms with van der Waals surface area (Å²) >= 11 is 1.47. The van der Waals surface area contributed by atoms with Gasteiger partial charge in [-0.15, -0.1) is 11.3 Å². The number of aryl methyl sites for hydroxylation is 2. The van der Waals surface area contributed by atoms with Crippen LogP contribution < -0.4 is 5.32 Å². The van der Waals surface area contributed by atoms with Crippen molar-refractivity contribution in [2.75, 3.05) is 18.4 Å². The van der Waals surface area contributed by atoms with E-state index in [1.165, 1.54) is 16.7 Å². The maximum absolute atomic E-state index is 12.7. The first-order valence-electron chi connectivity index (χ1n) is 9.66. The van der Waals surface area contributed by atoms with E-state index >= 15 is 0 Å². The molecule has 2 N–H and O–H groups in total. The number of carbonyl (C=O) groups is 2. The Morgan fingerprint density at radius 1 is 1.36 bits per heavy atom. The van der Waals surface area contributed by atoms with Crippen LogP contribution in [0.1, 0.15) is 29.7 Å². The molecule has 7 heteroatoms. The van der Waals surface area contributed by atoms with E-state index in [0.717, 1.165) is 35.3 Å². The number of nitrogens with one attached hydrogen (secondary N) is 2. The van der Waals surface area contributed by atoms with Crippen LogP contribution in [-0.2, 0) is 16.0 Å². The summed E-state index contributed by atoms with van der Waals surface area (Å²) in [6, 6.07) is 8.13. The minimum atomic E-state index is -0.171. The molecule has 0 spiro atoms. The van der Waals surface area contributed by atoms with Gasteiger partial charge in [0.1, 0.15) is 0 Å². The van der Waals surface area contributed by atoms with Crippen LogP contribution in [0.4, 0.5) is 5.13 Å². The van der Waals surface area contributed by atoms with Gasteiger partial charge >= 0.3 is 0 Å². The highest BCUT2D eigenvalue weighted by Gasteiger charge is 2.28. The summed E-state index contributed by atoms with van der Waals surface area (Å²) in [5.74, 6) is -0.0913. The van der Waals surface area contributed by atoms with Gasteiger partial charge in [0, 0.05) is 47.7 Å². The number of hydrogen-bond acceptors (Lipinski definition) is 4. The first-order valence-corrected chi connectivity index (χ1v) is 10.5. The molecule has 0 radical (unpaired) electrons. The highest BCUT2D eigenvalue weighted by atomic mass is 32.1. The number of amides is 2. The van der Waals surface area contributed by atoms with Crippen molar-refractivity contribution in [1.82, 2.24) is 14.9 Å². The summed E-state index contributed by atoms with van der Waals surface area (Å²) in [7, 11) is 0. The van der Waals surface area contributed by atoms with Crippen molar-refractivity contribution < 1.29 is 9.59 Å². The third-order valence-corrected chi connectivity index (χ3v) is 6.11. The fourth-order valence-corrected chi connectivity index (χ4v) is 4.44. The lowest BCUT2D eigenvalue weighted by molar-refractivity contribution is -0.134. The number of benzene rings is 1. The molecule has 2 aromatic heterocycles. The SMILES string of the molecule is Cc1cnc(NC(=O)[C@@H]2CCCN(C(=O)CCc3c[nH]c4ccccc34)C2)s1. The van der Waals surface area contributed by atoms with Gasteiger partial charge in [0.2, 0.25) is 11.8 Å². The van der Waals surface area contributed by atoms with Crippen molar-refractivity contribution in [3.8, 4) is 0 Å². The second kappa shape index (κ2) is 8.14. The number of nitrogens with zero attached hydrogens (tertiary/aromatic N) is 2. The summed E-state index contributed by atoms with van der Waals surface area (Å²) in [4.78, 5) is 35.6. The van der Waals surface area contributed by atoms with Gasteiger partial charge in [-0.2, -0.15) is 0 Å². The van der Waals surface area contributed by atoms with Crippen molar-refractivity contribution >= 4 is 39.2 Å². The topological polar surface area (TPSA) is 78.1 Å². The third-order valence-electron chi connectivity index (χ3n) is 5.28. The van der Waals surface area contributed by atoms with Gasteiger partial charge in [-0.1, -0.05) is 18.2 Å². The average Bonchev–Trinajstić information content (AvgIpc) is 3.32. The van der Waals surface area contributed by atoms with Crippen LogP contribution in [-0.4, -0.2) is 39.8 Å². The Morgan fingerprint density at radius 2 is 2.21 bits per heavy atom. The summed E-state index contributed by atoms with van der Waals surface area (Å²) in [5.41, 5.74) is 2.26. The summed E-state index contributed by atoms with van der Waals surface area (Å²) in [6.07, 6.45) is 6.56. The molecule has 0 saturated carbocycles. The maximum Gasteiger partial charge on any atom is 0.231 e. The lowest BCUT2D eigenvalue weighted by atomic mass is 9.96. The van der Waals surface area contributed by atoms with Gasteiger partial charge in [-0.3, -0.25) is 9.59 Å². The number of aromatic nitrogens is 2. The van der Waals surface area contributed by atoms with Crippen molar-refractivity contribution in [2.24, 2.45) is 5.92 Å². The quantitative estimate of drug-likeness (QED) is 0.690. The van der Waals surface area contributed by atoms with Crippen LogP contribution in [0.3, 0.4) is 0 Å². The highest BCUT2D eigenvalue weighted by Crippen LogP contribution is 2.23. The first kappa shape index (κ1) is 18.7. The van der Waals surface area contributed by atoms with Crippen molar-refractivity contribution in [1.29, 1.82) is 0 Å². The normalized spacial score (nSPS) is 17.0. The molecule has 1 aromatic carbocycles. The van der Waals surface area contributed by atoms with E-state index in [-0.39, 0.29) is 17.7 Å². The third kappa shape index (κ3) is 4.09. The van der Waals surface area contributed by atoms with E-state index < -0.39 is 0 Å². The fraction of sp³-hybridized carbons (Fsp3) is 0.381. The number of fused-ring (bicyclic) bond motifs is 1. The van der Waals surface area contributed by atoms with Gasteiger partial charge in [-0.25, -0.2) is 4.98 Å². The molecule has 1 aliphatic rings. The molecule has 1 fully saturated rings. The van der Waals surface area contributed by atoms with E-state index in [1.807, 2.05) is 36.2 Å². The Labute approximate surface area is 168 Å². The second-order valence-electron chi connectivity index (χ2n) is 7.30. The van der Waals surface area contributed by atoms with Crippen molar-refractivity contribution in [3.05, 3.63) is 47.1 Å². The Balaban J connectivity index is 1.33. The summed E-state index contributed by atoms with van der Waals surface area (Å²) in [5, 5.41) is 4.69. The smallest absolute Gasteiger partial charge is 0.231 e. The summed E-state index contributed by atoms with van der Waals surface area (Å²) < 4.78 is 0. The molecule has 146 valence electrons. The van der Waals surface area contributed by atoms with Gasteiger partial charge in [0.05, 0.1) is 5.92 Å². The molecule has 4 rings (SSSR count). The molecule has 28 heavy (non-hydrogen) atoms. The zero-order valence-electron chi connectivity index (χ0n) is 15.9. The number of hydrogen-bond donors (Lipinski definition) is 2. The Morgan fingerprint density at radius 3 is 3.04 bits per heavy atom. The Kier molecular flexibility index (Phi) is 5.43.